The number of ether oxygens (including phenoxy) is 7. The minimum absolute atomic E-state index is 0.00611. The fourth-order valence-corrected chi connectivity index (χ4v) is 9.43. The second kappa shape index (κ2) is 14.5. The normalized spacial score (nSPS) is 25.2. The molecule has 1 aromatic heterocycles. The van der Waals surface area contributed by atoms with Gasteiger partial charge in [-0.05, 0) is 69.4 Å². The van der Waals surface area contributed by atoms with Gasteiger partial charge in [-0.3, -0.25) is 4.90 Å². The van der Waals surface area contributed by atoms with E-state index in [1.807, 2.05) is 64.3 Å². The highest BCUT2D eigenvalue weighted by atomic mass is 32.2. The number of aromatic nitrogens is 1. The van der Waals surface area contributed by atoms with Crippen LogP contribution in [0.3, 0.4) is 0 Å². The lowest BCUT2D eigenvalue weighted by Gasteiger charge is -2.34. The van der Waals surface area contributed by atoms with Crippen LogP contribution in [0, 0.1) is 18.8 Å². The Hall–Kier alpha value is -3.47. The van der Waals surface area contributed by atoms with Gasteiger partial charge in [-0.15, -0.1) is 11.3 Å². The van der Waals surface area contributed by atoms with Gasteiger partial charge in [0.15, 0.2) is 17.8 Å². The summed E-state index contributed by atoms with van der Waals surface area (Å²) in [4.78, 5) is 20.3. The highest BCUT2D eigenvalue weighted by molar-refractivity contribution is 7.89. The standard InChI is InChI=1S/C36H45N3O10S2/c1-22(2)16-38(51(41,42)27-10-11-30-31(15-27)47-21-46-30)17-32-29(14-24-6-8-26(9-7-24)44-18-25-20-50-23(3)37-25)39(36(4,5)49-32)35(40)48-33-19-45-34-28(33)12-13-43-34/h6-11,15,20,22,28-29,32-34H,12-14,16-19,21H2,1-5H3/t28-,29+,32-,33+,34?/m0/s1. The number of carbonyl (C=O) groups is 1. The lowest BCUT2D eigenvalue weighted by atomic mass is 9.99. The summed E-state index contributed by atoms with van der Waals surface area (Å²) in [6.07, 6.45) is -0.942. The van der Waals surface area contributed by atoms with Crippen molar-refractivity contribution < 1.29 is 46.4 Å². The average Bonchev–Trinajstić information content (AvgIpc) is 3.91. The number of nitrogens with zero attached hydrogens (tertiary/aromatic N) is 3. The Morgan fingerprint density at radius 3 is 2.65 bits per heavy atom. The van der Waals surface area contributed by atoms with Crippen molar-refractivity contribution in [1.82, 2.24) is 14.2 Å². The third-order valence-electron chi connectivity index (χ3n) is 9.57. The number of sulfonamides is 1. The van der Waals surface area contributed by atoms with E-state index in [1.165, 1.54) is 16.4 Å². The number of amides is 1. The average molecular weight is 744 g/mol. The number of benzene rings is 2. The molecular weight excluding hydrogens is 699 g/mol. The largest absolute Gasteiger partial charge is 0.487 e. The molecule has 4 aliphatic rings. The van der Waals surface area contributed by atoms with E-state index in [0.29, 0.717) is 36.9 Å². The molecule has 0 spiro atoms. The topological polar surface area (TPSA) is 135 Å². The molecule has 7 rings (SSSR count). The van der Waals surface area contributed by atoms with E-state index in [4.69, 9.17) is 33.2 Å². The van der Waals surface area contributed by atoms with E-state index in [-0.39, 0.29) is 49.5 Å². The van der Waals surface area contributed by atoms with Crippen LogP contribution in [0.5, 0.6) is 17.2 Å². The monoisotopic (exact) mass is 743 g/mol. The zero-order chi connectivity index (χ0) is 35.9. The molecule has 3 fully saturated rings. The van der Waals surface area contributed by atoms with Gasteiger partial charge in [0.05, 0.1) is 46.9 Å². The minimum atomic E-state index is -4.01. The number of aryl methyl sites for hydroxylation is 1. The Labute approximate surface area is 302 Å². The van der Waals surface area contributed by atoms with E-state index >= 15 is 0 Å². The van der Waals surface area contributed by atoms with Crippen molar-refractivity contribution in [2.45, 2.75) is 89.2 Å². The Balaban J connectivity index is 1.15. The molecule has 4 aliphatic heterocycles. The lowest BCUT2D eigenvalue weighted by molar-refractivity contribution is -0.0911. The summed E-state index contributed by atoms with van der Waals surface area (Å²) in [5.74, 6) is 1.53. The molecule has 2 aromatic carbocycles. The van der Waals surface area contributed by atoms with Crippen molar-refractivity contribution >= 4 is 27.5 Å². The molecule has 13 nitrogen and oxygen atoms in total. The molecule has 0 N–H and O–H groups in total. The molecule has 1 amide bonds. The minimum Gasteiger partial charge on any atom is -0.487 e. The number of thiazole rings is 1. The molecule has 5 atom stereocenters. The van der Waals surface area contributed by atoms with Crippen LogP contribution in [0.25, 0.3) is 0 Å². The first-order valence-corrected chi connectivity index (χ1v) is 19.6. The van der Waals surface area contributed by atoms with E-state index in [1.54, 1.807) is 22.3 Å². The van der Waals surface area contributed by atoms with Gasteiger partial charge < -0.3 is 33.2 Å². The van der Waals surface area contributed by atoms with Crippen molar-refractivity contribution in [2.24, 2.45) is 11.8 Å². The first-order valence-electron chi connectivity index (χ1n) is 17.3. The molecule has 3 saturated heterocycles. The van der Waals surface area contributed by atoms with Gasteiger partial charge in [0, 0.05) is 24.5 Å². The molecule has 1 unspecified atom stereocenters. The summed E-state index contributed by atoms with van der Waals surface area (Å²) >= 11 is 1.58. The fourth-order valence-electron chi connectivity index (χ4n) is 7.20. The summed E-state index contributed by atoms with van der Waals surface area (Å²) in [5, 5.41) is 2.96. The first-order chi connectivity index (χ1) is 24.4. The number of hydrogen-bond acceptors (Lipinski definition) is 12. The Morgan fingerprint density at radius 1 is 1.12 bits per heavy atom. The van der Waals surface area contributed by atoms with Crippen molar-refractivity contribution in [3.63, 3.8) is 0 Å². The van der Waals surface area contributed by atoms with Crippen LogP contribution < -0.4 is 14.2 Å². The van der Waals surface area contributed by atoms with E-state index in [0.717, 1.165) is 22.7 Å². The highest BCUT2D eigenvalue weighted by Crippen LogP contribution is 2.40. The van der Waals surface area contributed by atoms with Gasteiger partial charge in [0.25, 0.3) is 0 Å². The molecule has 276 valence electrons. The van der Waals surface area contributed by atoms with Crippen molar-refractivity contribution in [2.75, 3.05) is 33.1 Å². The van der Waals surface area contributed by atoms with Crippen LogP contribution in [0.1, 0.15) is 50.4 Å². The number of rotatable bonds is 12. The maximum absolute atomic E-state index is 14.3. The van der Waals surface area contributed by atoms with Crippen LogP contribution in [0.2, 0.25) is 0 Å². The SMILES string of the molecule is Cc1nc(COc2ccc(C[C@@H]3[C@H](CN(CC(C)C)S(=O)(=O)c4ccc5c(c4)OCO5)OC(C)(C)N3C(=O)O[C@@H]3COC4OCC[C@H]43)cc2)cs1. The van der Waals surface area contributed by atoms with Gasteiger partial charge in [0.1, 0.15) is 24.2 Å². The second-order valence-electron chi connectivity index (χ2n) is 14.2. The van der Waals surface area contributed by atoms with Crippen LogP contribution in [-0.2, 0) is 42.0 Å². The zero-order valence-corrected chi connectivity index (χ0v) is 31.1. The van der Waals surface area contributed by atoms with Gasteiger partial charge in [-0.25, -0.2) is 18.2 Å². The summed E-state index contributed by atoms with van der Waals surface area (Å²) in [6.45, 7) is 10.9. The number of fused-ring (bicyclic) bond motifs is 2. The van der Waals surface area contributed by atoms with Gasteiger partial charge in [-0.1, -0.05) is 26.0 Å². The summed E-state index contributed by atoms with van der Waals surface area (Å²) in [7, 11) is -4.01. The predicted molar refractivity (Wildman–Crippen MR) is 186 cm³/mol. The van der Waals surface area contributed by atoms with Crippen molar-refractivity contribution in [3.8, 4) is 17.2 Å². The molecule has 0 aliphatic carbocycles. The summed E-state index contributed by atoms with van der Waals surface area (Å²) in [6, 6.07) is 11.7. The fraction of sp³-hybridized carbons (Fsp3) is 0.556. The molecule has 3 aromatic rings. The van der Waals surface area contributed by atoms with E-state index in [2.05, 4.69) is 4.98 Å². The molecule has 0 radical (unpaired) electrons. The highest BCUT2D eigenvalue weighted by Gasteiger charge is 2.53. The zero-order valence-electron chi connectivity index (χ0n) is 29.5. The maximum atomic E-state index is 14.3. The Bertz CT molecular complexity index is 1820. The predicted octanol–water partition coefficient (Wildman–Crippen LogP) is 5.35. The third kappa shape index (κ3) is 7.69. The van der Waals surface area contributed by atoms with Gasteiger partial charge in [-0.2, -0.15) is 4.31 Å². The molecule has 0 saturated carbocycles. The smallest absolute Gasteiger partial charge is 0.412 e. The molecule has 0 bridgehead atoms. The molecular formula is C36H45N3O10S2. The molecule has 15 heteroatoms. The first kappa shape index (κ1) is 35.9. The lowest BCUT2D eigenvalue weighted by Crippen LogP contribution is -2.51. The molecule has 51 heavy (non-hydrogen) atoms. The Kier molecular flexibility index (Phi) is 10.2. The summed E-state index contributed by atoms with van der Waals surface area (Å²) in [5.41, 5.74) is 0.676. The Morgan fingerprint density at radius 2 is 1.90 bits per heavy atom. The van der Waals surface area contributed by atoms with Crippen LogP contribution >= 0.6 is 11.3 Å². The van der Waals surface area contributed by atoms with Gasteiger partial charge >= 0.3 is 6.09 Å². The second-order valence-corrected chi connectivity index (χ2v) is 17.2. The number of hydrogen-bond donors (Lipinski definition) is 0. The maximum Gasteiger partial charge on any atom is 0.412 e. The van der Waals surface area contributed by atoms with E-state index in [9.17, 15) is 13.2 Å². The van der Waals surface area contributed by atoms with Crippen LogP contribution in [0.4, 0.5) is 4.79 Å². The van der Waals surface area contributed by atoms with Crippen LogP contribution in [0.15, 0.2) is 52.7 Å². The summed E-state index contributed by atoms with van der Waals surface area (Å²) < 4.78 is 71.0. The quantitative estimate of drug-likeness (QED) is 0.238. The van der Waals surface area contributed by atoms with Crippen molar-refractivity contribution in [1.29, 1.82) is 0 Å². The van der Waals surface area contributed by atoms with Gasteiger partial charge in [0.2, 0.25) is 16.8 Å². The van der Waals surface area contributed by atoms with Crippen LogP contribution in [-0.4, -0.2) is 92.1 Å². The van der Waals surface area contributed by atoms with Crippen molar-refractivity contribution in [3.05, 3.63) is 64.1 Å². The molecule has 5 heterocycles. The van der Waals surface area contributed by atoms with E-state index < -0.39 is 40.1 Å². The third-order valence-corrected chi connectivity index (χ3v) is 12.2. The number of carbonyl (C=O) groups excluding carboxylic acids is 1.